The normalized spacial score (nSPS) is 39.7. The maximum atomic E-state index is 6.36. The van der Waals surface area contributed by atoms with Crippen molar-refractivity contribution in [1.29, 1.82) is 0 Å². The summed E-state index contributed by atoms with van der Waals surface area (Å²) in [6, 6.07) is 0.821. The Labute approximate surface area is 131 Å². The van der Waals surface area contributed by atoms with E-state index in [4.69, 9.17) is 5.73 Å². The molecule has 1 saturated carbocycles. The molecule has 0 amide bonds. The van der Waals surface area contributed by atoms with Crippen LogP contribution in [0.1, 0.15) is 64.7 Å². The Morgan fingerprint density at radius 3 is 2.67 bits per heavy atom. The van der Waals surface area contributed by atoms with Gasteiger partial charge in [0.25, 0.3) is 0 Å². The van der Waals surface area contributed by atoms with Crippen LogP contribution in [0.4, 0.5) is 0 Å². The summed E-state index contributed by atoms with van der Waals surface area (Å²) < 4.78 is 0. The second-order valence-corrected chi connectivity index (χ2v) is 7.77. The van der Waals surface area contributed by atoms with Gasteiger partial charge >= 0.3 is 0 Å². The van der Waals surface area contributed by atoms with Gasteiger partial charge in [-0.15, -0.1) is 0 Å². The predicted octanol–water partition coefficient (Wildman–Crippen LogP) is 2.84. The fourth-order valence-corrected chi connectivity index (χ4v) is 5.16. The van der Waals surface area contributed by atoms with E-state index in [1.807, 2.05) is 0 Å². The standard InChI is InChI=1S/C18H35N3/c1-2-16-6-3-9-18(15-19,10-8-16)21-13-5-12-20-11-4-7-17(20)14-21/h16-17H,2-15,19H2,1H3. The van der Waals surface area contributed by atoms with Crippen LogP contribution < -0.4 is 5.73 Å². The quantitative estimate of drug-likeness (QED) is 0.812. The van der Waals surface area contributed by atoms with Crippen LogP contribution >= 0.6 is 0 Å². The molecule has 122 valence electrons. The van der Waals surface area contributed by atoms with Crippen LogP contribution in [0.3, 0.4) is 0 Å². The van der Waals surface area contributed by atoms with E-state index in [9.17, 15) is 0 Å². The molecule has 3 nitrogen and oxygen atoms in total. The van der Waals surface area contributed by atoms with E-state index < -0.39 is 0 Å². The molecule has 0 aromatic rings. The van der Waals surface area contributed by atoms with Gasteiger partial charge in [-0.3, -0.25) is 9.80 Å². The Morgan fingerprint density at radius 1 is 1.00 bits per heavy atom. The highest BCUT2D eigenvalue weighted by Gasteiger charge is 2.40. The largest absolute Gasteiger partial charge is 0.329 e. The summed E-state index contributed by atoms with van der Waals surface area (Å²) in [7, 11) is 0. The first kappa shape index (κ1) is 15.8. The van der Waals surface area contributed by atoms with Gasteiger partial charge in [-0.2, -0.15) is 0 Å². The summed E-state index contributed by atoms with van der Waals surface area (Å²) in [6.45, 7) is 8.46. The van der Waals surface area contributed by atoms with Gasteiger partial charge in [0, 0.05) is 31.2 Å². The molecule has 2 N–H and O–H groups in total. The van der Waals surface area contributed by atoms with Gasteiger partial charge in [-0.1, -0.05) is 26.2 Å². The molecule has 3 unspecified atom stereocenters. The van der Waals surface area contributed by atoms with E-state index in [1.54, 1.807) is 0 Å². The van der Waals surface area contributed by atoms with Crippen molar-refractivity contribution in [2.75, 3.05) is 32.7 Å². The lowest BCUT2D eigenvalue weighted by molar-refractivity contribution is 0.0690. The molecule has 3 heteroatoms. The minimum absolute atomic E-state index is 0.322. The molecule has 0 aromatic heterocycles. The monoisotopic (exact) mass is 293 g/mol. The summed E-state index contributed by atoms with van der Waals surface area (Å²) in [5, 5.41) is 0. The Hall–Kier alpha value is -0.120. The average Bonchev–Trinajstić information content (AvgIpc) is 2.74. The molecule has 3 aliphatic rings. The molecule has 3 rings (SSSR count). The third kappa shape index (κ3) is 3.30. The highest BCUT2D eigenvalue weighted by molar-refractivity contribution is 4.98. The third-order valence-corrected chi connectivity index (χ3v) is 6.70. The molecule has 3 fully saturated rings. The van der Waals surface area contributed by atoms with Crippen molar-refractivity contribution in [3.63, 3.8) is 0 Å². The van der Waals surface area contributed by atoms with E-state index >= 15 is 0 Å². The number of hydrogen-bond donors (Lipinski definition) is 1. The molecule has 1 aliphatic carbocycles. The predicted molar refractivity (Wildman–Crippen MR) is 89.4 cm³/mol. The maximum absolute atomic E-state index is 6.36. The highest BCUT2D eigenvalue weighted by Crippen LogP contribution is 2.37. The Bertz CT molecular complexity index is 332. The van der Waals surface area contributed by atoms with Crippen LogP contribution in [-0.4, -0.2) is 54.1 Å². The maximum Gasteiger partial charge on any atom is 0.0332 e. The molecule has 0 bridgehead atoms. The van der Waals surface area contributed by atoms with Gasteiger partial charge in [0.05, 0.1) is 0 Å². The van der Waals surface area contributed by atoms with Gasteiger partial charge in [-0.25, -0.2) is 0 Å². The first-order valence-electron chi connectivity index (χ1n) is 9.46. The lowest BCUT2D eigenvalue weighted by Crippen LogP contribution is -2.56. The van der Waals surface area contributed by atoms with E-state index in [0.717, 1.165) is 18.5 Å². The van der Waals surface area contributed by atoms with Crippen LogP contribution in [0.15, 0.2) is 0 Å². The van der Waals surface area contributed by atoms with E-state index in [-0.39, 0.29) is 0 Å². The van der Waals surface area contributed by atoms with Crippen LogP contribution in [0.25, 0.3) is 0 Å². The molecular weight excluding hydrogens is 258 g/mol. The Morgan fingerprint density at radius 2 is 1.86 bits per heavy atom. The van der Waals surface area contributed by atoms with E-state index in [0.29, 0.717) is 5.54 Å². The Kier molecular flexibility index (Phi) is 5.23. The molecular formula is C18H35N3. The summed E-state index contributed by atoms with van der Waals surface area (Å²) >= 11 is 0. The SMILES string of the molecule is CCC1CCCC(CN)(N2CCCN3CCCC3C2)CC1. The Balaban J connectivity index is 1.71. The van der Waals surface area contributed by atoms with Crippen molar-refractivity contribution in [2.45, 2.75) is 76.3 Å². The summed E-state index contributed by atoms with van der Waals surface area (Å²) in [5.41, 5.74) is 6.68. The first-order chi connectivity index (χ1) is 10.3. The minimum Gasteiger partial charge on any atom is -0.329 e. The van der Waals surface area contributed by atoms with Crippen LogP contribution in [0, 0.1) is 5.92 Å². The van der Waals surface area contributed by atoms with Crippen LogP contribution in [0.2, 0.25) is 0 Å². The van der Waals surface area contributed by atoms with Gasteiger partial charge in [0.2, 0.25) is 0 Å². The lowest BCUT2D eigenvalue weighted by atomic mass is 9.86. The zero-order valence-corrected chi connectivity index (χ0v) is 14.0. The van der Waals surface area contributed by atoms with Gasteiger partial charge in [0.15, 0.2) is 0 Å². The lowest BCUT2D eigenvalue weighted by Gasteiger charge is -2.44. The topological polar surface area (TPSA) is 32.5 Å². The summed E-state index contributed by atoms with van der Waals surface area (Å²) in [5.74, 6) is 0.952. The van der Waals surface area contributed by atoms with Gasteiger partial charge in [-0.05, 0) is 57.5 Å². The van der Waals surface area contributed by atoms with E-state index in [1.165, 1.54) is 84.0 Å². The van der Waals surface area contributed by atoms with Crippen molar-refractivity contribution in [3.8, 4) is 0 Å². The van der Waals surface area contributed by atoms with Crippen molar-refractivity contribution in [3.05, 3.63) is 0 Å². The smallest absolute Gasteiger partial charge is 0.0332 e. The highest BCUT2D eigenvalue weighted by atomic mass is 15.3. The van der Waals surface area contributed by atoms with Crippen molar-refractivity contribution < 1.29 is 0 Å². The summed E-state index contributed by atoms with van der Waals surface area (Å²) in [6.07, 6.45) is 12.4. The molecule has 2 heterocycles. The molecule has 21 heavy (non-hydrogen) atoms. The van der Waals surface area contributed by atoms with Crippen LogP contribution in [-0.2, 0) is 0 Å². The number of nitrogens with zero attached hydrogens (tertiary/aromatic N) is 2. The van der Waals surface area contributed by atoms with Gasteiger partial charge in [0.1, 0.15) is 0 Å². The molecule has 2 aliphatic heterocycles. The fourth-order valence-electron chi connectivity index (χ4n) is 5.16. The van der Waals surface area contributed by atoms with E-state index in [2.05, 4.69) is 16.7 Å². The second-order valence-electron chi connectivity index (χ2n) is 7.77. The first-order valence-corrected chi connectivity index (χ1v) is 9.46. The third-order valence-electron chi connectivity index (χ3n) is 6.70. The molecule has 0 aromatic carbocycles. The second kappa shape index (κ2) is 6.97. The number of fused-ring (bicyclic) bond motifs is 1. The van der Waals surface area contributed by atoms with Crippen LogP contribution in [0.5, 0.6) is 0 Å². The minimum atomic E-state index is 0.322. The number of hydrogen-bond acceptors (Lipinski definition) is 3. The van der Waals surface area contributed by atoms with Crippen molar-refractivity contribution >= 4 is 0 Å². The molecule has 2 saturated heterocycles. The molecule has 3 atom stereocenters. The molecule has 0 radical (unpaired) electrons. The zero-order valence-electron chi connectivity index (χ0n) is 14.0. The zero-order chi connectivity index (χ0) is 14.7. The van der Waals surface area contributed by atoms with Crippen molar-refractivity contribution in [1.82, 2.24) is 9.80 Å². The van der Waals surface area contributed by atoms with Crippen molar-refractivity contribution in [2.24, 2.45) is 11.7 Å². The number of rotatable bonds is 3. The van der Waals surface area contributed by atoms with Gasteiger partial charge < -0.3 is 5.73 Å². The fraction of sp³-hybridized carbons (Fsp3) is 1.00. The number of nitrogens with two attached hydrogens (primary N) is 1. The average molecular weight is 293 g/mol. The molecule has 0 spiro atoms. The summed E-state index contributed by atoms with van der Waals surface area (Å²) in [4.78, 5) is 5.58.